The second-order valence-corrected chi connectivity index (χ2v) is 12.5. The lowest BCUT2D eigenvalue weighted by molar-refractivity contribution is -0.384. The molecule has 2 heterocycles. The summed E-state index contributed by atoms with van der Waals surface area (Å²) in [7, 11) is 0. The number of aliphatic imine (C=N–C) groups is 1. The van der Waals surface area contributed by atoms with Crippen LogP contribution >= 0.6 is 38.9 Å². The van der Waals surface area contributed by atoms with Gasteiger partial charge in [0.1, 0.15) is 5.02 Å². The second kappa shape index (κ2) is 9.41. The molecule has 190 valence electrons. The first-order valence-corrected chi connectivity index (χ1v) is 13.5. The lowest BCUT2D eigenvalue weighted by Crippen LogP contribution is -2.41. The fourth-order valence-electron chi connectivity index (χ4n) is 5.14. The van der Waals surface area contributed by atoms with E-state index in [0.29, 0.717) is 40.5 Å². The molecule has 1 amide bonds. The average Bonchev–Trinajstić information content (AvgIpc) is 3.18. The number of rotatable bonds is 4. The lowest BCUT2D eigenvalue weighted by atomic mass is 9.66. The number of nitrogens with one attached hydrogen (secondary N) is 1. The molecule has 1 aliphatic heterocycles. The van der Waals surface area contributed by atoms with Gasteiger partial charge >= 0.3 is 0 Å². The quantitative estimate of drug-likeness (QED) is 0.254. The number of fused-ring (bicyclic) bond motifs is 1. The molecule has 37 heavy (non-hydrogen) atoms. The summed E-state index contributed by atoms with van der Waals surface area (Å²) in [6.07, 6.45) is 0.867. The Morgan fingerprint density at radius 2 is 2.00 bits per heavy atom. The zero-order valence-electron chi connectivity index (χ0n) is 20.2. The summed E-state index contributed by atoms with van der Waals surface area (Å²) in [6, 6.07) is 10.1. The predicted molar refractivity (Wildman–Crippen MR) is 148 cm³/mol. The molecule has 1 aromatic heterocycles. The van der Waals surface area contributed by atoms with Crippen molar-refractivity contribution in [3.8, 4) is 0 Å². The minimum Gasteiger partial charge on any atom is -0.301 e. The van der Waals surface area contributed by atoms with Crippen molar-refractivity contribution in [2.75, 3.05) is 5.32 Å². The van der Waals surface area contributed by atoms with Crippen molar-refractivity contribution in [2.24, 2.45) is 16.3 Å². The summed E-state index contributed by atoms with van der Waals surface area (Å²) in [5, 5.41) is 15.0. The number of anilines is 1. The SMILES string of the molecule is CC1=NC2=C(C(=O)CC(C)(C)C2)[C@H](c2ccc(Cl)c([N+](=O)[O-])c2)C1C(=O)Nc1nc2ccc(Br)cc2s1. The first-order chi connectivity index (χ1) is 17.4. The van der Waals surface area contributed by atoms with Gasteiger partial charge in [-0.1, -0.05) is 58.8 Å². The molecule has 8 nitrogen and oxygen atoms in total. The van der Waals surface area contributed by atoms with Gasteiger partial charge in [-0.2, -0.15) is 0 Å². The van der Waals surface area contributed by atoms with Gasteiger partial charge in [0.05, 0.1) is 21.1 Å². The van der Waals surface area contributed by atoms with Crippen LogP contribution < -0.4 is 5.32 Å². The lowest BCUT2D eigenvalue weighted by Gasteiger charge is -2.39. The van der Waals surface area contributed by atoms with Gasteiger partial charge in [0.15, 0.2) is 10.9 Å². The Morgan fingerprint density at radius 3 is 2.73 bits per heavy atom. The van der Waals surface area contributed by atoms with Crippen molar-refractivity contribution < 1.29 is 14.5 Å². The van der Waals surface area contributed by atoms with E-state index in [9.17, 15) is 19.7 Å². The molecule has 1 unspecified atom stereocenters. The number of aromatic nitrogens is 1. The van der Waals surface area contributed by atoms with E-state index >= 15 is 0 Å². The van der Waals surface area contributed by atoms with Crippen molar-refractivity contribution in [1.82, 2.24) is 4.98 Å². The number of allylic oxidation sites excluding steroid dienone is 2. The minimum atomic E-state index is -0.858. The summed E-state index contributed by atoms with van der Waals surface area (Å²) in [4.78, 5) is 47.6. The summed E-state index contributed by atoms with van der Waals surface area (Å²) in [5.41, 5.74) is 2.27. The van der Waals surface area contributed by atoms with Gasteiger partial charge in [0.25, 0.3) is 5.69 Å². The normalized spacial score (nSPS) is 21.0. The predicted octanol–water partition coefficient (Wildman–Crippen LogP) is 7.08. The van der Waals surface area contributed by atoms with Crippen LogP contribution in [0.15, 0.2) is 57.1 Å². The van der Waals surface area contributed by atoms with Crippen molar-refractivity contribution in [3.63, 3.8) is 0 Å². The Bertz CT molecular complexity index is 1560. The van der Waals surface area contributed by atoms with E-state index in [0.717, 1.165) is 14.7 Å². The van der Waals surface area contributed by atoms with Gasteiger partial charge in [-0.15, -0.1) is 0 Å². The van der Waals surface area contributed by atoms with Gasteiger partial charge in [0, 0.05) is 39.9 Å². The third kappa shape index (κ3) is 4.85. The number of halogens is 2. The molecular formula is C26H22BrClN4O4S. The van der Waals surface area contributed by atoms with Crippen LogP contribution in [0.25, 0.3) is 10.2 Å². The highest BCUT2D eigenvalue weighted by atomic mass is 79.9. The number of hydrogen-bond donors (Lipinski definition) is 1. The third-order valence-corrected chi connectivity index (χ3v) is 8.44. The molecule has 0 spiro atoms. The Morgan fingerprint density at radius 1 is 1.24 bits per heavy atom. The molecule has 11 heteroatoms. The molecule has 2 aliphatic rings. The van der Waals surface area contributed by atoms with Gasteiger partial charge in [-0.3, -0.25) is 24.7 Å². The largest absolute Gasteiger partial charge is 0.301 e. The second-order valence-electron chi connectivity index (χ2n) is 10.1. The number of amides is 1. The van der Waals surface area contributed by atoms with Crippen LogP contribution in [0, 0.1) is 21.4 Å². The van der Waals surface area contributed by atoms with E-state index < -0.39 is 16.8 Å². The smallest absolute Gasteiger partial charge is 0.288 e. The summed E-state index contributed by atoms with van der Waals surface area (Å²) >= 11 is 10.9. The van der Waals surface area contributed by atoms with Crippen LogP contribution in [-0.4, -0.2) is 27.3 Å². The maximum absolute atomic E-state index is 13.8. The van der Waals surface area contributed by atoms with Gasteiger partial charge < -0.3 is 5.32 Å². The van der Waals surface area contributed by atoms with E-state index in [1.807, 2.05) is 32.0 Å². The Labute approximate surface area is 230 Å². The number of Topliss-reactive ketones (excluding diaryl/α,β-unsaturated/α-hetero) is 1. The van der Waals surface area contributed by atoms with Gasteiger partial charge in [0.2, 0.25) is 5.91 Å². The van der Waals surface area contributed by atoms with E-state index in [-0.39, 0.29) is 27.8 Å². The highest BCUT2D eigenvalue weighted by Crippen LogP contribution is 2.48. The summed E-state index contributed by atoms with van der Waals surface area (Å²) in [6.45, 7) is 5.77. The molecular weight excluding hydrogens is 580 g/mol. The van der Waals surface area contributed by atoms with E-state index in [1.54, 1.807) is 13.0 Å². The Balaban J connectivity index is 1.60. The van der Waals surface area contributed by atoms with Crippen LogP contribution in [0.2, 0.25) is 5.02 Å². The zero-order chi connectivity index (χ0) is 26.6. The molecule has 1 aliphatic carbocycles. The molecule has 2 aromatic carbocycles. The average molecular weight is 602 g/mol. The first-order valence-electron chi connectivity index (χ1n) is 11.6. The summed E-state index contributed by atoms with van der Waals surface area (Å²) in [5.74, 6) is -2.09. The topological polar surface area (TPSA) is 115 Å². The van der Waals surface area contributed by atoms with Crippen molar-refractivity contribution in [3.05, 3.63) is 72.8 Å². The molecule has 0 bridgehead atoms. The fraction of sp³-hybridized carbons (Fsp3) is 0.308. The molecule has 5 rings (SSSR count). The van der Waals surface area contributed by atoms with Gasteiger partial charge in [-0.25, -0.2) is 4.98 Å². The molecule has 1 N–H and O–H groups in total. The van der Waals surface area contributed by atoms with E-state index in [1.165, 1.54) is 23.5 Å². The number of nitro groups is 1. The van der Waals surface area contributed by atoms with Crippen molar-refractivity contribution in [1.29, 1.82) is 0 Å². The number of nitrogens with zero attached hydrogens (tertiary/aromatic N) is 3. The molecule has 2 atom stereocenters. The molecule has 0 radical (unpaired) electrons. The molecule has 0 fully saturated rings. The third-order valence-electron chi connectivity index (χ3n) is 6.69. The number of carbonyl (C=O) groups excluding carboxylic acids is 2. The van der Waals surface area contributed by atoms with Crippen LogP contribution in [0.5, 0.6) is 0 Å². The molecule has 0 saturated heterocycles. The van der Waals surface area contributed by atoms with Gasteiger partial charge in [-0.05, 0) is 48.6 Å². The van der Waals surface area contributed by atoms with Crippen LogP contribution in [0.4, 0.5) is 10.8 Å². The molecule has 3 aromatic rings. The number of ketones is 1. The fourth-order valence-corrected chi connectivity index (χ4v) is 6.75. The molecule has 0 saturated carbocycles. The zero-order valence-corrected chi connectivity index (χ0v) is 23.3. The van der Waals surface area contributed by atoms with Crippen LogP contribution in [0.3, 0.4) is 0 Å². The Hall–Kier alpha value is -2.95. The number of thiazole rings is 1. The number of nitro benzene ring substituents is 1. The van der Waals surface area contributed by atoms with Crippen LogP contribution in [0.1, 0.15) is 45.1 Å². The maximum Gasteiger partial charge on any atom is 0.288 e. The summed E-state index contributed by atoms with van der Waals surface area (Å²) < 4.78 is 1.80. The minimum absolute atomic E-state index is 0.0121. The van der Waals surface area contributed by atoms with Crippen molar-refractivity contribution >= 4 is 77.3 Å². The van der Waals surface area contributed by atoms with Crippen LogP contribution in [-0.2, 0) is 9.59 Å². The number of carbonyl (C=O) groups is 2. The number of hydrogen-bond acceptors (Lipinski definition) is 7. The first kappa shape index (κ1) is 25.7. The highest BCUT2D eigenvalue weighted by Gasteiger charge is 2.46. The van der Waals surface area contributed by atoms with E-state index in [4.69, 9.17) is 16.6 Å². The number of benzene rings is 2. The standard InChI is InChI=1S/C26H22BrClN4O4S/c1-12-21(24(34)31-25-30-16-7-5-14(27)9-20(16)37-25)22(13-4-6-15(28)18(8-13)32(35)36)23-17(29-12)10-26(2,3)11-19(23)33/h4-9,21-22H,10-11H2,1-3H3,(H,30,31,34)/t21?,22-/m1/s1. The van der Waals surface area contributed by atoms with Crippen molar-refractivity contribution in [2.45, 2.75) is 39.5 Å². The highest BCUT2D eigenvalue weighted by molar-refractivity contribution is 9.10. The van der Waals surface area contributed by atoms with E-state index in [2.05, 4.69) is 26.2 Å². The Kier molecular flexibility index (Phi) is 6.54. The monoisotopic (exact) mass is 600 g/mol. The maximum atomic E-state index is 13.8.